The zero-order chi connectivity index (χ0) is 9.68. The van der Waals surface area contributed by atoms with Crippen molar-refractivity contribution in [2.75, 3.05) is 0 Å². The van der Waals surface area contributed by atoms with Gasteiger partial charge in [0.2, 0.25) is 0 Å². The number of carbonyl (C=O) groups excluding carboxylic acids is 1. The molecule has 0 saturated carbocycles. The third-order valence-electron chi connectivity index (χ3n) is 1.25. The van der Waals surface area contributed by atoms with Crippen LogP contribution in [0.1, 0.15) is 5.56 Å². The van der Waals surface area contributed by atoms with E-state index in [0.29, 0.717) is 5.56 Å². The number of hydrogen-bond acceptors (Lipinski definition) is 3. The van der Waals surface area contributed by atoms with Crippen LogP contribution in [-0.4, -0.2) is 10.8 Å². The Kier molecular flexibility index (Phi) is 2.77. The fourth-order valence-electron chi connectivity index (χ4n) is 0.693. The maximum atomic E-state index is 10.4. The van der Waals surface area contributed by atoms with Crippen molar-refractivity contribution in [3.63, 3.8) is 0 Å². The van der Waals surface area contributed by atoms with E-state index < -0.39 is 10.8 Å². The van der Waals surface area contributed by atoms with Gasteiger partial charge in [-0.1, -0.05) is 24.1 Å². The van der Waals surface area contributed by atoms with E-state index in [1.165, 1.54) is 0 Å². The topological polar surface area (TPSA) is 60.2 Å². The number of hydrogen-bond donors (Lipinski definition) is 0. The van der Waals surface area contributed by atoms with Crippen molar-refractivity contribution < 1.29 is 9.72 Å². The van der Waals surface area contributed by atoms with Crippen molar-refractivity contribution in [3.8, 4) is 11.8 Å². The van der Waals surface area contributed by atoms with E-state index in [1.807, 2.05) is 5.92 Å². The summed E-state index contributed by atoms with van der Waals surface area (Å²) in [5.74, 6) is 3.01. The lowest BCUT2D eigenvalue weighted by Crippen LogP contribution is -2.07. The van der Waals surface area contributed by atoms with Crippen LogP contribution >= 0.6 is 0 Å². The summed E-state index contributed by atoms with van der Waals surface area (Å²) in [5, 5.41) is 9.87. The fraction of sp³-hybridized carbons (Fsp3) is 0. The van der Waals surface area contributed by atoms with Gasteiger partial charge >= 0.3 is 5.91 Å². The Morgan fingerprint density at radius 2 is 1.92 bits per heavy atom. The highest BCUT2D eigenvalue weighted by Gasteiger charge is 2.08. The molecule has 1 rings (SSSR count). The first kappa shape index (κ1) is 8.94. The number of rotatable bonds is 0. The van der Waals surface area contributed by atoms with E-state index in [0.717, 1.165) is 0 Å². The van der Waals surface area contributed by atoms with Crippen molar-refractivity contribution in [1.82, 2.24) is 0 Å². The molecular formula is C9H5NO3. The van der Waals surface area contributed by atoms with Crippen LogP contribution < -0.4 is 0 Å². The van der Waals surface area contributed by atoms with E-state index in [2.05, 4.69) is 5.92 Å². The van der Waals surface area contributed by atoms with Gasteiger partial charge in [0.25, 0.3) is 0 Å². The number of carbonyl (C=O) groups is 1. The van der Waals surface area contributed by atoms with Crippen LogP contribution in [0.4, 0.5) is 0 Å². The first-order valence-corrected chi connectivity index (χ1v) is 3.45. The van der Waals surface area contributed by atoms with Crippen LogP contribution in [0.15, 0.2) is 30.3 Å². The Balaban J connectivity index is 2.80. The van der Waals surface area contributed by atoms with Gasteiger partial charge in [0.05, 0.1) is 5.92 Å². The summed E-state index contributed by atoms with van der Waals surface area (Å²) in [6.45, 7) is 0. The van der Waals surface area contributed by atoms with E-state index in [9.17, 15) is 14.9 Å². The summed E-state index contributed by atoms with van der Waals surface area (Å²) in [5.41, 5.74) is 0.581. The van der Waals surface area contributed by atoms with E-state index in [4.69, 9.17) is 0 Å². The second-order valence-corrected chi connectivity index (χ2v) is 2.18. The van der Waals surface area contributed by atoms with Crippen molar-refractivity contribution in [1.29, 1.82) is 0 Å². The van der Waals surface area contributed by atoms with Crippen LogP contribution in [0, 0.1) is 22.0 Å². The maximum absolute atomic E-state index is 10.4. The first-order valence-electron chi connectivity index (χ1n) is 3.45. The zero-order valence-electron chi connectivity index (χ0n) is 6.56. The summed E-state index contributed by atoms with van der Waals surface area (Å²) < 4.78 is 0. The van der Waals surface area contributed by atoms with Gasteiger partial charge in [-0.3, -0.25) is 10.1 Å². The van der Waals surface area contributed by atoms with E-state index >= 15 is 0 Å². The summed E-state index contributed by atoms with van der Waals surface area (Å²) in [6.07, 6.45) is 0. The predicted octanol–water partition coefficient (Wildman–Crippen LogP) is 0.841. The molecule has 0 fully saturated rings. The number of benzene rings is 1. The van der Waals surface area contributed by atoms with Gasteiger partial charge < -0.3 is 0 Å². The second-order valence-electron chi connectivity index (χ2n) is 2.18. The Bertz CT molecular complexity index is 386. The standard InChI is InChI=1S/C9H5NO3/c11-9(10(12)13)7-6-8-4-2-1-3-5-8/h1-5H. The molecule has 0 aromatic heterocycles. The van der Waals surface area contributed by atoms with Crippen LogP contribution in [0.5, 0.6) is 0 Å². The zero-order valence-corrected chi connectivity index (χ0v) is 6.56. The largest absolute Gasteiger partial charge is 0.523 e. The highest BCUT2D eigenvalue weighted by atomic mass is 16.6. The Morgan fingerprint density at radius 1 is 1.31 bits per heavy atom. The molecule has 0 saturated heterocycles. The molecule has 0 atom stereocenters. The van der Waals surface area contributed by atoms with Crippen LogP contribution in [-0.2, 0) is 4.79 Å². The molecule has 0 aliphatic heterocycles. The smallest absolute Gasteiger partial charge is 0.255 e. The summed E-state index contributed by atoms with van der Waals surface area (Å²) in [6, 6.07) is 8.60. The Labute approximate surface area is 74.3 Å². The minimum absolute atomic E-state index is 0.581. The third kappa shape index (κ3) is 2.75. The molecule has 0 spiro atoms. The fourth-order valence-corrected chi connectivity index (χ4v) is 0.693. The first-order chi connectivity index (χ1) is 6.20. The number of nitro groups is 1. The quantitative estimate of drug-likeness (QED) is 0.333. The van der Waals surface area contributed by atoms with Crippen LogP contribution in [0.2, 0.25) is 0 Å². The molecule has 0 aliphatic carbocycles. The minimum Gasteiger partial charge on any atom is -0.255 e. The lowest BCUT2D eigenvalue weighted by atomic mass is 10.2. The summed E-state index contributed by atoms with van der Waals surface area (Å²) in [7, 11) is 0. The molecule has 1 aromatic carbocycles. The molecule has 0 bridgehead atoms. The minimum atomic E-state index is -1.29. The molecule has 4 heteroatoms. The Morgan fingerprint density at radius 3 is 2.46 bits per heavy atom. The lowest BCUT2D eigenvalue weighted by molar-refractivity contribution is -0.394. The van der Waals surface area contributed by atoms with Crippen LogP contribution in [0.25, 0.3) is 0 Å². The SMILES string of the molecule is O=C(C#Cc1ccccc1)[N+](=O)[O-]. The molecule has 0 unspecified atom stereocenters. The average Bonchev–Trinajstić information content (AvgIpc) is 2.15. The molecule has 0 heterocycles. The summed E-state index contributed by atoms with van der Waals surface area (Å²) >= 11 is 0. The van der Waals surface area contributed by atoms with Gasteiger partial charge in [-0.15, -0.1) is 0 Å². The highest BCUT2D eigenvalue weighted by molar-refractivity contribution is 5.87. The van der Waals surface area contributed by atoms with Gasteiger partial charge in [-0.05, 0) is 12.1 Å². The lowest BCUT2D eigenvalue weighted by Gasteiger charge is -1.84. The molecule has 1 amide bonds. The Hall–Kier alpha value is -2.15. The predicted molar refractivity (Wildman–Crippen MR) is 45.3 cm³/mol. The van der Waals surface area contributed by atoms with Gasteiger partial charge in [0.15, 0.2) is 0 Å². The molecule has 13 heavy (non-hydrogen) atoms. The molecule has 64 valence electrons. The van der Waals surface area contributed by atoms with Crippen molar-refractivity contribution in [2.45, 2.75) is 0 Å². The van der Waals surface area contributed by atoms with Gasteiger partial charge in [-0.25, -0.2) is 0 Å². The molecule has 1 aromatic rings. The number of nitrogens with zero attached hydrogens (tertiary/aromatic N) is 1. The molecule has 0 radical (unpaired) electrons. The van der Waals surface area contributed by atoms with Gasteiger partial charge in [0, 0.05) is 5.56 Å². The van der Waals surface area contributed by atoms with Crippen molar-refractivity contribution in [2.24, 2.45) is 0 Å². The molecular weight excluding hydrogens is 170 g/mol. The van der Waals surface area contributed by atoms with Crippen LogP contribution in [0.3, 0.4) is 0 Å². The van der Waals surface area contributed by atoms with E-state index in [-0.39, 0.29) is 0 Å². The van der Waals surface area contributed by atoms with E-state index in [1.54, 1.807) is 30.3 Å². The van der Waals surface area contributed by atoms with Crippen molar-refractivity contribution >= 4 is 5.91 Å². The third-order valence-corrected chi connectivity index (χ3v) is 1.25. The monoisotopic (exact) mass is 175 g/mol. The highest BCUT2D eigenvalue weighted by Crippen LogP contribution is 1.94. The summed E-state index contributed by atoms with van der Waals surface area (Å²) in [4.78, 5) is 19.3. The molecule has 0 aliphatic rings. The molecule has 0 N–H and O–H groups in total. The van der Waals surface area contributed by atoms with Crippen molar-refractivity contribution in [3.05, 3.63) is 46.0 Å². The molecule has 4 nitrogen and oxygen atoms in total. The normalized spacial score (nSPS) is 8.31. The number of amides is 1. The average molecular weight is 175 g/mol. The second kappa shape index (κ2) is 4.02. The van der Waals surface area contributed by atoms with Gasteiger partial charge in [0.1, 0.15) is 4.92 Å². The maximum Gasteiger partial charge on any atom is 0.523 e. The van der Waals surface area contributed by atoms with Gasteiger partial charge in [-0.2, -0.15) is 4.79 Å².